The van der Waals surface area contributed by atoms with Crippen LogP contribution in [0.3, 0.4) is 0 Å². The Hall–Kier alpha value is -2.63. The second-order valence-electron chi connectivity index (χ2n) is 7.23. The molecule has 2 atom stereocenters. The number of ether oxygens (including phenoxy) is 2. The van der Waals surface area contributed by atoms with Crippen LogP contribution in [0.15, 0.2) is 48.7 Å². The first kappa shape index (κ1) is 19.7. The van der Waals surface area contributed by atoms with Crippen LogP contribution < -0.4 is 14.8 Å². The van der Waals surface area contributed by atoms with Gasteiger partial charge < -0.3 is 14.8 Å². The zero-order valence-corrected chi connectivity index (χ0v) is 17.5. The Labute approximate surface area is 176 Å². The average Bonchev–Trinajstić information content (AvgIpc) is 3.13. The molecule has 1 aliphatic heterocycles. The third kappa shape index (κ3) is 3.68. The van der Waals surface area contributed by atoms with Crippen LogP contribution in [0.4, 0.5) is 0 Å². The smallest absolute Gasteiger partial charge is 0.232 e. The number of pyridine rings is 2. The third-order valence-corrected chi connectivity index (χ3v) is 5.67. The maximum absolute atomic E-state index is 6.60. The van der Waals surface area contributed by atoms with Crippen LogP contribution in [0.25, 0.3) is 11.3 Å². The van der Waals surface area contributed by atoms with E-state index >= 15 is 0 Å². The van der Waals surface area contributed by atoms with E-state index in [-0.39, 0.29) is 5.92 Å². The van der Waals surface area contributed by atoms with Crippen LogP contribution in [-0.4, -0.2) is 37.3 Å². The zero-order chi connectivity index (χ0) is 20.4. The van der Waals surface area contributed by atoms with E-state index in [4.69, 9.17) is 26.1 Å². The Kier molecular flexibility index (Phi) is 5.69. The molecule has 4 rings (SSSR count). The highest BCUT2D eigenvalue weighted by Gasteiger charge is 2.29. The van der Waals surface area contributed by atoms with Crippen LogP contribution in [0, 0.1) is 0 Å². The lowest BCUT2D eigenvalue weighted by molar-refractivity contribution is 0.337. The minimum absolute atomic E-state index is 0.112. The number of hydrogen-bond donors (Lipinski definition) is 1. The van der Waals surface area contributed by atoms with Gasteiger partial charge in [-0.25, -0.2) is 9.97 Å². The number of rotatable bonds is 6. The molecule has 0 amide bonds. The second kappa shape index (κ2) is 8.39. The van der Waals surface area contributed by atoms with Gasteiger partial charge in [-0.15, -0.1) is 0 Å². The summed E-state index contributed by atoms with van der Waals surface area (Å²) in [6.07, 6.45) is 1.68. The van der Waals surface area contributed by atoms with Gasteiger partial charge in [-0.05, 0) is 24.7 Å². The summed E-state index contributed by atoms with van der Waals surface area (Å²) in [5.41, 5.74) is 4.87. The molecule has 3 aromatic rings. The van der Waals surface area contributed by atoms with E-state index in [9.17, 15) is 0 Å². The van der Waals surface area contributed by atoms with Crippen molar-refractivity contribution >= 4 is 11.6 Å². The molecule has 1 aromatic carbocycles. The number of aromatic nitrogens is 2. The molecule has 0 saturated heterocycles. The number of fused-ring (bicyclic) bond motifs is 1. The lowest BCUT2D eigenvalue weighted by Gasteiger charge is -2.20. The summed E-state index contributed by atoms with van der Waals surface area (Å²) in [5, 5.41) is 3.74. The van der Waals surface area contributed by atoms with Crippen molar-refractivity contribution in [3.05, 3.63) is 70.5 Å². The number of benzene rings is 1. The molecule has 0 bridgehead atoms. The molecule has 1 aliphatic rings. The van der Waals surface area contributed by atoms with Crippen LogP contribution in [0.5, 0.6) is 11.6 Å². The van der Waals surface area contributed by atoms with Gasteiger partial charge >= 0.3 is 0 Å². The molecular weight excluding hydrogens is 386 g/mol. The van der Waals surface area contributed by atoms with Gasteiger partial charge in [0, 0.05) is 35.7 Å². The van der Waals surface area contributed by atoms with E-state index < -0.39 is 0 Å². The van der Waals surface area contributed by atoms with Crippen molar-refractivity contribution in [3.63, 3.8) is 0 Å². The SMILES string of the molecule is CNCC(c1ccccc1)c1cc2c(c(-c3ccnc(OC)c3Cl)n1)OCC2C. The van der Waals surface area contributed by atoms with Gasteiger partial charge in [0.2, 0.25) is 5.88 Å². The first-order valence-corrected chi connectivity index (χ1v) is 10.1. The molecular formula is C23H24ClN3O2. The fraction of sp³-hybridized carbons (Fsp3) is 0.304. The Balaban J connectivity index is 1.92. The number of likely N-dealkylation sites (N-methyl/N-ethyl adjacent to an activating group) is 1. The topological polar surface area (TPSA) is 56.3 Å². The molecule has 2 unspecified atom stereocenters. The largest absolute Gasteiger partial charge is 0.490 e. The predicted molar refractivity (Wildman–Crippen MR) is 115 cm³/mol. The molecule has 5 nitrogen and oxygen atoms in total. The average molecular weight is 410 g/mol. The van der Waals surface area contributed by atoms with Crippen LogP contribution in [0.1, 0.15) is 35.6 Å². The van der Waals surface area contributed by atoms with E-state index in [1.54, 1.807) is 13.3 Å². The van der Waals surface area contributed by atoms with Crippen LogP contribution >= 0.6 is 11.6 Å². The number of nitrogens with zero attached hydrogens (tertiary/aromatic N) is 2. The normalized spacial score (nSPS) is 16.2. The van der Waals surface area contributed by atoms with Crippen molar-refractivity contribution in [2.75, 3.05) is 27.3 Å². The number of halogens is 1. The van der Waals surface area contributed by atoms with Crippen molar-refractivity contribution in [2.24, 2.45) is 0 Å². The minimum atomic E-state index is 0.112. The highest BCUT2D eigenvalue weighted by atomic mass is 35.5. The first-order valence-electron chi connectivity index (χ1n) is 9.70. The summed E-state index contributed by atoms with van der Waals surface area (Å²) in [7, 11) is 3.52. The van der Waals surface area contributed by atoms with E-state index in [2.05, 4.69) is 47.6 Å². The number of hydrogen-bond acceptors (Lipinski definition) is 5. The van der Waals surface area contributed by atoms with Crippen LogP contribution in [-0.2, 0) is 0 Å². The maximum Gasteiger partial charge on any atom is 0.232 e. The second-order valence-corrected chi connectivity index (χ2v) is 7.61. The first-order chi connectivity index (χ1) is 14.1. The van der Waals surface area contributed by atoms with Gasteiger partial charge in [0.25, 0.3) is 0 Å². The summed E-state index contributed by atoms with van der Waals surface area (Å²) in [5.74, 6) is 1.58. The fourth-order valence-corrected chi connectivity index (χ4v) is 4.06. The van der Waals surface area contributed by atoms with Crippen LogP contribution in [0.2, 0.25) is 5.02 Å². The van der Waals surface area contributed by atoms with Crippen molar-refractivity contribution in [1.82, 2.24) is 15.3 Å². The third-order valence-electron chi connectivity index (χ3n) is 5.30. The molecule has 0 radical (unpaired) electrons. The minimum Gasteiger partial charge on any atom is -0.490 e. The number of methoxy groups -OCH3 is 1. The molecule has 0 aliphatic carbocycles. The molecule has 0 spiro atoms. The molecule has 1 N–H and O–H groups in total. The lowest BCUT2D eigenvalue weighted by Crippen LogP contribution is -2.19. The van der Waals surface area contributed by atoms with Crippen molar-refractivity contribution in [2.45, 2.75) is 18.8 Å². The van der Waals surface area contributed by atoms with E-state index in [1.807, 2.05) is 19.2 Å². The van der Waals surface area contributed by atoms with Gasteiger partial charge in [-0.2, -0.15) is 0 Å². The summed E-state index contributed by atoms with van der Waals surface area (Å²) < 4.78 is 11.3. The Morgan fingerprint density at radius 2 is 2.07 bits per heavy atom. The molecule has 0 fully saturated rings. The Bertz CT molecular complexity index is 1010. The molecule has 29 heavy (non-hydrogen) atoms. The summed E-state index contributed by atoms with van der Waals surface area (Å²) in [6.45, 7) is 3.58. The summed E-state index contributed by atoms with van der Waals surface area (Å²) in [4.78, 5) is 9.24. The number of nitrogens with one attached hydrogen (secondary N) is 1. The molecule has 150 valence electrons. The lowest BCUT2D eigenvalue weighted by atomic mass is 9.91. The summed E-state index contributed by atoms with van der Waals surface area (Å²) >= 11 is 6.60. The molecule has 2 aromatic heterocycles. The Morgan fingerprint density at radius 1 is 1.28 bits per heavy atom. The van der Waals surface area contributed by atoms with E-state index in [0.29, 0.717) is 23.4 Å². The van der Waals surface area contributed by atoms with Crippen molar-refractivity contribution in [1.29, 1.82) is 0 Å². The molecule has 3 heterocycles. The quantitative estimate of drug-likeness (QED) is 0.642. The zero-order valence-electron chi connectivity index (χ0n) is 16.8. The monoisotopic (exact) mass is 409 g/mol. The highest BCUT2D eigenvalue weighted by Crippen LogP contribution is 2.45. The van der Waals surface area contributed by atoms with Gasteiger partial charge in [0.05, 0.1) is 19.4 Å². The van der Waals surface area contributed by atoms with E-state index in [1.165, 1.54) is 5.56 Å². The molecule has 0 saturated carbocycles. The standard InChI is InChI=1S/C23H24ClN3O2/c1-14-13-29-22-17(14)11-19(18(12-25-2)15-7-5-4-6-8-15)27-21(22)16-9-10-26-23(28-3)20(16)24/h4-11,14,18,25H,12-13H2,1-3H3. The highest BCUT2D eigenvalue weighted by molar-refractivity contribution is 6.34. The van der Waals surface area contributed by atoms with Crippen molar-refractivity contribution < 1.29 is 9.47 Å². The molecule has 6 heteroatoms. The summed E-state index contributed by atoms with van der Waals surface area (Å²) in [6, 6.07) is 14.5. The fourth-order valence-electron chi connectivity index (χ4n) is 3.78. The van der Waals surface area contributed by atoms with Crippen molar-refractivity contribution in [3.8, 4) is 22.9 Å². The predicted octanol–water partition coefficient (Wildman–Crippen LogP) is 4.65. The van der Waals surface area contributed by atoms with Gasteiger partial charge in [-0.3, -0.25) is 0 Å². The Morgan fingerprint density at radius 3 is 2.79 bits per heavy atom. The van der Waals surface area contributed by atoms with Gasteiger partial charge in [0.1, 0.15) is 16.5 Å². The maximum atomic E-state index is 6.60. The van der Waals surface area contributed by atoms with Gasteiger partial charge in [0.15, 0.2) is 0 Å². The van der Waals surface area contributed by atoms with Gasteiger partial charge in [-0.1, -0.05) is 48.9 Å². The van der Waals surface area contributed by atoms with E-state index in [0.717, 1.165) is 34.8 Å².